The van der Waals surface area contributed by atoms with E-state index in [1.54, 1.807) is 12.1 Å². The first-order valence-electron chi connectivity index (χ1n) is 6.63. The van der Waals surface area contributed by atoms with Crippen molar-refractivity contribution in [3.63, 3.8) is 0 Å². The fourth-order valence-corrected chi connectivity index (χ4v) is 2.35. The van der Waals surface area contributed by atoms with Crippen LogP contribution in [-0.4, -0.2) is 28.2 Å². The van der Waals surface area contributed by atoms with E-state index >= 15 is 0 Å². The smallest absolute Gasteiger partial charge is 0.329 e. The summed E-state index contributed by atoms with van der Waals surface area (Å²) in [4.78, 5) is 7.73. The standard InChI is InChI=1S/C13H13F3N4O/c14-13(15,16)12-19-11(20-21-12)10-5-1-4-9(18-10)8-3-2-6-17-7-8/h1,4-5,8,17H,2-3,6-7H2. The van der Waals surface area contributed by atoms with Crippen molar-refractivity contribution in [2.75, 3.05) is 13.1 Å². The Morgan fingerprint density at radius 1 is 1.24 bits per heavy atom. The monoisotopic (exact) mass is 298 g/mol. The van der Waals surface area contributed by atoms with Gasteiger partial charge in [0.1, 0.15) is 5.69 Å². The molecule has 112 valence electrons. The van der Waals surface area contributed by atoms with Crippen molar-refractivity contribution in [2.24, 2.45) is 0 Å². The zero-order chi connectivity index (χ0) is 14.9. The molecule has 0 bridgehead atoms. The topological polar surface area (TPSA) is 63.8 Å². The van der Waals surface area contributed by atoms with E-state index in [0.717, 1.165) is 31.6 Å². The number of rotatable bonds is 2. The summed E-state index contributed by atoms with van der Waals surface area (Å²) in [6, 6.07) is 5.19. The van der Waals surface area contributed by atoms with Crippen LogP contribution in [0.15, 0.2) is 22.7 Å². The molecule has 1 aliphatic rings. The second kappa shape index (κ2) is 5.44. The van der Waals surface area contributed by atoms with E-state index in [0.29, 0.717) is 0 Å². The minimum atomic E-state index is -4.64. The molecular weight excluding hydrogens is 285 g/mol. The van der Waals surface area contributed by atoms with E-state index < -0.39 is 12.1 Å². The lowest BCUT2D eigenvalue weighted by Gasteiger charge is -2.22. The highest BCUT2D eigenvalue weighted by atomic mass is 19.4. The third kappa shape index (κ3) is 3.05. The predicted molar refractivity (Wildman–Crippen MR) is 67.4 cm³/mol. The Labute approximate surface area is 118 Å². The van der Waals surface area contributed by atoms with Gasteiger partial charge in [0.25, 0.3) is 0 Å². The molecule has 0 spiro atoms. The van der Waals surface area contributed by atoms with Crippen LogP contribution >= 0.6 is 0 Å². The molecule has 1 atom stereocenters. The second-order valence-corrected chi connectivity index (χ2v) is 4.91. The zero-order valence-corrected chi connectivity index (χ0v) is 11.0. The average Bonchev–Trinajstić information content (AvgIpc) is 2.98. The van der Waals surface area contributed by atoms with Crippen LogP contribution in [-0.2, 0) is 6.18 Å². The van der Waals surface area contributed by atoms with Gasteiger partial charge in [-0.15, -0.1) is 0 Å². The van der Waals surface area contributed by atoms with Crippen molar-refractivity contribution >= 4 is 0 Å². The lowest BCUT2D eigenvalue weighted by atomic mass is 9.95. The highest BCUT2D eigenvalue weighted by Crippen LogP contribution is 2.29. The van der Waals surface area contributed by atoms with Gasteiger partial charge >= 0.3 is 12.1 Å². The van der Waals surface area contributed by atoms with Crippen molar-refractivity contribution in [1.82, 2.24) is 20.4 Å². The molecule has 2 aromatic rings. The van der Waals surface area contributed by atoms with E-state index in [1.165, 1.54) is 0 Å². The fourth-order valence-electron chi connectivity index (χ4n) is 2.35. The van der Waals surface area contributed by atoms with Crippen LogP contribution < -0.4 is 5.32 Å². The summed E-state index contributed by atoms with van der Waals surface area (Å²) < 4.78 is 41.6. The van der Waals surface area contributed by atoms with E-state index in [2.05, 4.69) is 25.0 Å². The first-order chi connectivity index (χ1) is 10.0. The highest BCUT2D eigenvalue weighted by Gasteiger charge is 2.38. The normalized spacial score (nSPS) is 19.7. The molecule has 3 heterocycles. The molecule has 0 radical (unpaired) electrons. The summed E-state index contributed by atoms with van der Waals surface area (Å²) in [5.41, 5.74) is 1.12. The molecule has 2 aromatic heterocycles. The second-order valence-electron chi connectivity index (χ2n) is 4.91. The van der Waals surface area contributed by atoms with Crippen molar-refractivity contribution in [2.45, 2.75) is 24.9 Å². The summed E-state index contributed by atoms with van der Waals surface area (Å²) in [5.74, 6) is -1.25. The van der Waals surface area contributed by atoms with E-state index in [9.17, 15) is 13.2 Å². The largest absolute Gasteiger partial charge is 0.471 e. The Hall–Kier alpha value is -1.96. The molecule has 5 nitrogen and oxygen atoms in total. The lowest BCUT2D eigenvalue weighted by molar-refractivity contribution is -0.159. The van der Waals surface area contributed by atoms with Gasteiger partial charge in [-0.3, -0.25) is 0 Å². The molecule has 0 aliphatic carbocycles. The Morgan fingerprint density at radius 2 is 2.10 bits per heavy atom. The minimum absolute atomic E-state index is 0.145. The molecule has 0 saturated carbocycles. The van der Waals surface area contributed by atoms with Crippen molar-refractivity contribution in [3.05, 3.63) is 29.8 Å². The number of nitrogens with one attached hydrogen (secondary N) is 1. The summed E-state index contributed by atoms with van der Waals surface area (Å²) in [7, 11) is 0. The first-order valence-corrected chi connectivity index (χ1v) is 6.63. The molecular formula is C13H13F3N4O. The van der Waals surface area contributed by atoms with Crippen LogP contribution in [0.25, 0.3) is 11.5 Å². The van der Waals surface area contributed by atoms with Gasteiger partial charge in [-0.05, 0) is 31.5 Å². The SMILES string of the molecule is FC(F)(F)c1nc(-c2cccc(C3CCCNC3)n2)no1. The number of aromatic nitrogens is 3. The van der Waals surface area contributed by atoms with Crippen LogP contribution in [0.5, 0.6) is 0 Å². The number of alkyl halides is 3. The molecule has 1 unspecified atom stereocenters. The molecule has 8 heteroatoms. The van der Waals surface area contributed by atoms with Crippen LogP contribution in [0.2, 0.25) is 0 Å². The Morgan fingerprint density at radius 3 is 2.76 bits per heavy atom. The van der Waals surface area contributed by atoms with Crippen molar-refractivity contribution in [1.29, 1.82) is 0 Å². The molecule has 1 fully saturated rings. The molecule has 3 rings (SSSR count). The quantitative estimate of drug-likeness (QED) is 0.923. The molecule has 1 aliphatic heterocycles. The molecule has 0 amide bonds. The number of piperidine rings is 1. The van der Waals surface area contributed by atoms with Gasteiger partial charge in [-0.1, -0.05) is 11.2 Å². The first kappa shape index (κ1) is 14.0. The van der Waals surface area contributed by atoms with Crippen molar-refractivity contribution < 1.29 is 17.7 Å². The van der Waals surface area contributed by atoms with Gasteiger partial charge in [-0.2, -0.15) is 18.2 Å². The van der Waals surface area contributed by atoms with E-state index in [4.69, 9.17) is 0 Å². The third-order valence-electron chi connectivity index (χ3n) is 3.38. The maximum Gasteiger partial charge on any atom is 0.471 e. The summed E-state index contributed by atoms with van der Waals surface area (Å²) in [6.07, 6.45) is -2.59. The highest BCUT2D eigenvalue weighted by molar-refractivity contribution is 5.48. The predicted octanol–water partition coefficient (Wildman–Crippen LogP) is 2.62. The third-order valence-corrected chi connectivity index (χ3v) is 3.38. The lowest BCUT2D eigenvalue weighted by Crippen LogP contribution is -2.28. The average molecular weight is 298 g/mol. The van der Waals surface area contributed by atoms with E-state index in [-0.39, 0.29) is 17.4 Å². The van der Waals surface area contributed by atoms with Gasteiger partial charge < -0.3 is 9.84 Å². The van der Waals surface area contributed by atoms with Crippen molar-refractivity contribution in [3.8, 4) is 11.5 Å². The zero-order valence-electron chi connectivity index (χ0n) is 11.0. The number of hydrogen-bond acceptors (Lipinski definition) is 5. The number of nitrogens with zero attached hydrogens (tertiary/aromatic N) is 3. The maximum atomic E-state index is 12.5. The Balaban J connectivity index is 1.87. The van der Waals surface area contributed by atoms with E-state index in [1.807, 2.05) is 6.07 Å². The van der Waals surface area contributed by atoms with Gasteiger partial charge in [0, 0.05) is 18.2 Å². The van der Waals surface area contributed by atoms with Crippen LogP contribution in [0.1, 0.15) is 30.3 Å². The molecule has 1 N–H and O–H groups in total. The Kier molecular flexibility index (Phi) is 3.62. The molecule has 0 aromatic carbocycles. The molecule has 1 saturated heterocycles. The van der Waals surface area contributed by atoms with Gasteiger partial charge in [0.05, 0.1) is 0 Å². The number of hydrogen-bond donors (Lipinski definition) is 1. The van der Waals surface area contributed by atoms with Crippen LogP contribution in [0, 0.1) is 0 Å². The van der Waals surface area contributed by atoms with Gasteiger partial charge in [0.15, 0.2) is 0 Å². The number of pyridine rings is 1. The Bertz CT molecular complexity index is 620. The molecule has 21 heavy (non-hydrogen) atoms. The number of halogens is 3. The minimum Gasteiger partial charge on any atom is -0.329 e. The van der Waals surface area contributed by atoms with Gasteiger partial charge in [0.2, 0.25) is 5.82 Å². The fraction of sp³-hybridized carbons (Fsp3) is 0.462. The summed E-state index contributed by atoms with van der Waals surface area (Å²) in [6.45, 7) is 1.80. The van der Waals surface area contributed by atoms with Crippen LogP contribution in [0.3, 0.4) is 0 Å². The summed E-state index contributed by atoms with van der Waals surface area (Å²) in [5, 5.41) is 6.63. The summed E-state index contributed by atoms with van der Waals surface area (Å²) >= 11 is 0. The van der Waals surface area contributed by atoms with Gasteiger partial charge in [-0.25, -0.2) is 4.98 Å². The maximum absolute atomic E-state index is 12.5. The van der Waals surface area contributed by atoms with Crippen LogP contribution in [0.4, 0.5) is 13.2 Å².